The third-order valence-electron chi connectivity index (χ3n) is 11.2. The summed E-state index contributed by atoms with van der Waals surface area (Å²) in [7, 11) is 0. The SMILES string of the molecule is CC(C)CCCC(C)[C@H]1CC[C@H]2[C@@H]3CCC4C[C@@H](O)[C@@H](O)[C@H](N)[C@]4(C)[C@H]3CC[C@]12C. The molecule has 0 aromatic carbocycles. The second-order valence-electron chi connectivity index (χ2n) is 12.9. The highest BCUT2D eigenvalue weighted by molar-refractivity contribution is 5.14. The van der Waals surface area contributed by atoms with Gasteiger partial charge in [-0.1, -0.05) is 53.9 Å². The number of fused-ring (bicyclic) bond motifs is 5. The van der Waals surface area contributed by atoms with Crippen LogP contribution in [0.4, 0.5) is 0 Å². The van der Waals surface area contributed by atoms with Crippen LogP contribution in [-0.4, -0.2) is 28.5 Å². The van der Waals surface area contributed by atoms with E-state index < -0.39 is 12.2 Å². The maximum absolute atomic E-state index is 10.6. The van der Waals surface area contributed by atoms with Gasteiger partial charge in [-0.15, -0.1) is 0 Å². The van der Waals surface area contributed by atoms with E-state index in [1.807, 2.05) is 0 Å². The molecule has 0 saturated heterocycles. The van der Waals surface area contributed by atoms with Crippen LogP contribution in [0.2, 0.25) is 0 Å². The Morgan fingerprint density at radius 2 is 1.67 bits per heavy atom. The first kappa shape index (κ1) is 23.1. The molecule has 0 bridgehead atoms. The van der Waals surface area contributed by atoms with E-state index in [2.05, 4.69) is 34.6 Å². The normalized spacial score (nSPS) is 51.9. The molecule has 4 aliphatic carbocycles. The minimum atomic E-state index is -0.754. The molecule has 0 aromatic rings. The summed E-state index contributed by atoms with van der Waals surface area (Å²) in [6.07, 6.45) is 11.4. The molecule has 0 amide bonds. The highest BCUT2D eigenvalue weighted by Crippen LogP contribution is 2.68. The molecule has 0 aliphatic heterocycles. The van der Waals surface area contributed by atoms with Gasteiger partial charge in [0.05, 0.1) is 12.2 Å². The predicted molar refractivity (Wildman–Crippen MR) is 124 cm³/mol. The molecular weight excluding hydrogens is 370 g/mol. The second kappa shape index (κ2) is 8.34. The van der Waals surface area contributed by atoms with Crippen molar-refractivity contribution in [1.29, 1.82) is 0 Å². The first-order chi connectivity index (χ1) is 14.1. The van der Waals surface area contributed by atoms with E-state index in [0.717, 1.165) is 36.0 Å². The summed E-state index contributed by atoms with van der Waals surface area (Å²) in [5, 5.41) is 21.0. The van der Waals surface area contributed by atoms with Crippen LogP contribution in [0.1, 0.15) is 98.8 Å². The summed E-state index contributed by atoms with van der Waals surface area (Å²) in [5.41, 5.74) is 7.17. The Hall–Kier alpha value is -0.120. The quantitative estimate of drug-likeness (QED) is 0.561. The van der Waals surface area contributed by atoms with Gasteiger partial charge in [0.25, 0.3) is 0 Å². The van der Waals surface area contributed by atoms with Gasteiger partial charge >= 0.3 is 0 Å². The molecule has 4 aliphatic rings. The minimum absolute atomic E-state index is 0.0101. The molecule has 11 atom stereocenters. The summed E-state index contributed by atoms with van der Waals surface area (Å²) in [6.45, 7) is 12.2. The van der Waals surface area contributed by atoms with Crippen molar-refractivity contribution in [3.63, 3.8) is 0 Å². The summed E-state index contributed by atoms with van der Waals surface area (Å²) in [4.78, 5) is 0. The van der Waals surface area contributed by atoms with Gasteiger partial charge in [-0.05, 0) is 97.2 Å². The van der Waals surface area contributed by atoms with E-state index >= 15 is 0 Å². The molecule has 0 aromatic heterocycles. The number of aliphatic hydroxyl groups excluding tert-OH is 2. The van der Waals surface area contributed by atoms with E-state index in [1.54, 1.807) is 0 Å². The highest BCUT2D eigenvalue weighted by Gasteiger charge is 2.63. The number of nitrogens with two attached hydrogens (primary N) is 1. The Morgan fingerprint density at radius 3 is 2.37 bits per heavy atom. The average Bonchev–Trinajstić information content (AvgIpc) is 3.04. The highest BCUT2D eigenvalue weighted by atomic mass is 16.3. The van der Waals surface area contributed by atoms with Crippen molar-refractivity contribution < 1.29 is 10.2 Å². The topological polar surface area (TPSA) is 66.5 Å². The van der Waals surface area contributed by atoms with Crippen molar-refractivity contribution in [1.82, 2.24) is 0 Å². The van der Waals surface area contributed by atoms with Crippen molar-refractivity contribution in [3.8, 4) is 0 Å². The average molecular weight is 420 g/mol. The van der Waals surface area contributed by atoms with Crippen LogP contribution in [-0.2, 0) is 0 Å². The number of hydrogen-bond acceptors (Lipinski definition) is 3. The molecule has 2 unspecified atom stereocenters. The number of aliphatic hydroxyl groups is 2. The molecule has 4 saturated carbocycles. The third-order valence-corrected chi connectivity index (χ3v) is 11.2. The lowest BCUT2D eigenvalue weighted by molar-refractivity contribution is -0.172. The lowest BCUT2D eigenvalue weighted by Crippen LogP contribution is -2.66. The van der Waals surface area contributed by atoms with E-state index in [9.17, 15) is 10.2 Å². The van der Waals surface area contributed by atoms with Crippen LogP contribution >= 0.6 is 0 Å². The molecule has 4 rings (SSSR count). The van der Waals surface area contributed by atoms with Crippen LogP contribution in [0.25, 0.3) is 0 Å². The summed E-state index contributed by atoms with van der Waals surface area (Å²) < 4.78 is 0. The number of rotatable bonds is 5. The van der Waals surface area contributed by atoms with Crippen molar-refractivity contribution in [2.75, 3.05) is 0 Å². The zero-order valence-electron chi connectivity index (χ0n) is 20.3. The molecule has 3 heteroatoms. The third kappa shape index (κ3) is 3.50. The monoisotopic (exact) mass is 419 g/mol. The van der Waals surface area contributed by atoms with E-state index in [0.29, 0.717) is 17.3 Å². The largest absolute Gasteiger partial charge is 0.390 e. The molecule has 3 nitrogen and oxygen atoms in total. The van der Waals surface area contributed by atoms with Crippen LogP contribution in [0, 0.1) is 52.3 Å². The Balaban J connectivity index is 1.51. The molecule has 174 valence electrons. The second-order valence-corrected chi connectivity index (χ2v) is 12.9. The van der Waals surface area contributed by atoms with E-state index in [1.165, 1.54) is 57.8 Å². The smallest absolute Gasteiger partial charge is 0.0955 e. The van der Waals surface area contributed by atoms with Crippen LogP contribution in [0.5, 0.6) is 0 Å². The first-order valence-corrected chi connectivity index (χ1v) is 13.2. The van der Waals surface area contributed by atoms with Crippen molar-refractivity contribution >= 4 is 0 Å². The molecule has 4 fully saturated rings. The van der Waals surface area contributed by atoms with Gasteiger partial charge in [0.2, 0.25) is 0 Å². The zero-order valence-corrected chi connectivity index (χ0v) is 20.3. The number of hydrogen-bond donors (Lipinski definition) is 3. The molecule has 30 heavy (non-hydrogen) atoms. The van der Waals surface area contributed by atoms with Crippen molar-refractivity contribution in [3.05, 3.63) is 0 Å². The molecule has 0 heterocycles. The Kier molecular flexibility index (Phi) is 6.41. The molecule has 0 spiro atoms. The summed E-state index contributed by atoms with van der Waals surface area (Å²) >= 11 is 0. The maximum Gasteiger partial charge on any atom is 0.0955 e. The summed E-state index contributed by atoms with van der Waals surface area (Å²) in [5.74, 6) is 5.26. The Labute approximate surface area is 185 Å². The Morgan fingerprint density at radius 1 is 0.933 bits per heavy atom. The van der Waals surface area contributed by atoms with E-state index in [4.69, 9.17) is 5.73 Å². The Bertz CT molecular complexity index is 604. The van der Waals surface area contributed by atoms with E-state index in [-0.39, 0.29) is 11.5 Å². The van der Waals surface area contributed by atoms with Crippen molar-refractivity contribution in [2.45, 2.75) is 117 Å². The minimum Gasteiger partial charge on any atom is -0.390 e. The zero-order chi connectivity index (χ0) is 21.8. The van der Waals surface area contributed by atoms with Crippen molar-refractivity contribution in [2.24, 2.45) is 58.0 Å². The lowest BCUT2D eigenvalue weighted by atomic mass is 9.43. The maximum atomic E-state index is 10.6. The molecule has 4 N–H and O–H groups in total. The lowest BCUT2D eigenvalue weighted by Gasteiger charge is -2.63. The fraction of sp³-hybridized carbons (Fsp3) is 1.00. The van der Waals surface area contributed by atoms with Crippen LogP contribution in [0.15, 0.2) is 0 Å². The first-order valence-electron chi connectivity index (χ1n) is 13.2. The summed E-state index contributed by atoms with van der Waals surface area (Å²) in [6, 6.07) is -0.282. The van der Waals surface area contributed by atoms with Gasteiger partial charge in [-0.25, -0.2) is 0 Å². The molecular formula is C27H49NO2. The van der Waals surface area contributed by atoms with Gasteiger partial charge < -0.3 is 15.9 Å². The predicted octanol–water partition coefficient (Wildman–Crippen LogP) is 5.38. The van der Waals surface area contributed by atoms with Gasteiger partial charge in [-0.2, -0.15) is 0 Å². The molecule has 0 radical (unpaired) electrons. The fourth-order valence-corrected chi connectivity index (χ4v) is 9.42. The van der Waals surface area contributed by atoms with Gasteiger partial charge in [0.15, 0.2) is 0 Å². The van der Waals surface area contributed by atoms with Gasteiger partial charge in [0.1, 0.15) is 0 Å². The van der Waals surface area contributed by atoms with Crippen LogP contribution in [0.3, 0.4) is 0 Å². The fourth-order valence-electron chi connectivity index (χ4n) is 9.42. The van der Waals surface area contributed by atoms with Gasteiger partial charge in [-0.3, -0.25) is 0 Å². The van der Waals surface area contributed by atoms with Gasteiger partial charge in [0, 0.05) is 6.04 Å². The standard InChI is InChI=1S/C27H49NO2/c1-16(2)7-6-8-17(3)20-11-12-21-19-10-9-18-15-23(29)24(30)25(28)27(18,5)22(19)13-14-26(20,21)4/h16-25,29-30H,6-15,28H2,1-5H3/t17?,18?,19-,20+,21-,22-,23+,24+,25-,26+,27-/m0/s1. The van der Waals surface area contributed by atoms with Crippen LogP contribution < -0.4 is 5.73 Å².